The van der Waals surface area contributed by atoms with E-state index in [2.05, 4.69) is 22.6 Å². The van der Waals surface area contributed by atoms with Crippen molar-refractivity contribution < 1.29 is 14.3 Å². The van der Waals surface area contributed by atoms with E-state index in [0.29, 0.717) is 11.3 Å². The maximum Gasteiger partial charge on any atom is 0.343 e. The van der Waals surface area contributed by atoms with E-state index in [9.17, 15) is 4.79 Å². The lowest BCUT2D eigenvalue weighted by molar-refractivity contribution is 0.0734. The number of carbonyl (C=O) groups is 1. The molecule has 0 amide bonds. The Morgan fingerprint density at radius 1 is 0.944 bits per heavy atom. The summed E-state index contributed by atoms with van der Waals surface area (Å²) in [5, 5.41) is 0. The highest BCUT2D eigenvalue weighted by atomic mass is 127. The summed E-state index contributed by atoms with van der Waals surface area (Å²) in [5.41, 5.74) is 0.534. The molecule has 0 saturated heterocycles. The van der Waals surface area contributed by atoms with E-state index in [-0.39, 0.29) is 5.97 Å². The molecule has 2 aromatic rings. The van der Waals surface area contributed by atoms with Crippen LogP contribution >= 0.6 is 22.6 Å². The van der Waals surface area contributed by atoms with Crippen LogP contribution in [0.15, 0.2) is 48.5 Å². The number of benzene rings is 2. The van der Waals surface area contributed by atoms with E-state index in [1.54, 1.807) is 43.5 Å². The zero-order valence-corrected chi connectivity index (χ0v) is 11.9. The number of esters is 1. The van der Waals surface area contributed by atoms with Crippen LogP contribution < -0.4 is 9.47 Å². The summed E-state index contributed by atoms with van der Waals surface area (Å²) in [6.45, 7) is 0. The van der Waals surface area contributed by atoms with Gasteiger partial charge in [0.25, 0.3) is 0 Å². The minimum atomic E-state index is -0.364. The summed E-state index contributed by atoms with van der Waals surface area (Å²) in [6, 6.07) is 14.1. The summed E-state index contributed by atoms with van der Waals surface area (Å²) in [5.74, 6) is 0.861. The van der Waals surface area contributed by atoms with Crippen LogP contribution in [-0.4, -0.2) is 13.1 Å². The molecule has 0 fully saturated rings. The van der Waals surface area contributed by atoms with Crippen LogP contribution in [0.5, 0.6) is 11.5 Å². The largest absolute Gasteiger partial charge is 0.497 e. The Labute approximate surface area is 119 Å². The number of ether oxygens (including phenoxy) is 2. The van der Waals surface area contributed by atoms with Crippen molar-refractivity contribution in [2.24, 2.45) is 0 Å². The Bertz CT molecular complexity index is 532. The lowest BCUT2D eigenvalue weighted by Gasteiger charge is -2.05. The molecule has 0 saturated carbocycles. The molecule has 4 heteroatoms. The van der Waals surface area contributed by atoms with Crippen LogP contribution in [-0.2, 0) is 0 Å². The van der Waals surface area contributed by atoms with E-state index < -0.39 is 0 Å². The topological polar surface area (TPSA) is 35.5 Å². The molecule has 0 spiro atoms. The van der Waals surface area contributed by atoms with Crippen LogP contribution in [0.1, 0.15) is 10.4 Å². The van der Waals surface area contributed by atoms with Gasteiger partial charge in [-0.25, -0.2) is 4.79 Å². The zero-order valence-electron chi connectivity index (χ0n) is 9.72. The Morgan fingerprint density at radius 2 is 1.50 bits per heavy atom. The summed E-state index contributed by atoms with van der Waals surface area (Å²) < 4.78 is 11.4. The quantitative estimate of drug-likeness (QED) is 0.481. The van der Waals surface area contributed by atoms with Crippen LogP contribution in [0.2, 0.25) is 0 Å². The van der Waals surface area contributed by atoms with Gasteiger partial charge in [0.2, 0.25) is 0 Å². The first kappa shape index (κ1) is 12.9. The maximum absolute atomic E-state index is 11.8. The van der Waals surface area contributed by atoms with Crippen LogP contribution in [0.3, 0.4) is 0 Å². The molecule has 92 valence electrons. The summed E-state index contributed by atoms with van der Waals surface area (Å²) >= 11 is 2.19. The van der Waals surface area contributed by atoms with Crippen molar-refractivity contribution in [3.63, 3.8) is 0 Å². The smallest absolute Gasteiger partial charge is 0.343 e. The Morgan fingerprint density at radius 3 is 2.06 bits per heavy atom. The minimum absolute atomic E-state index is 0.364. The summed E-state index contributed by atoms with van der Waals surface area (Å²) in [7, 11) is 1.59. The van der Waals surface area contributed by atoms with Crippen LogP contribution in [0, 0.1) is 3.57 Å². The van der Waals surface area contributed by atoms with Crippen molar-refractivity contribution in [1.82, 2.24) is 0 Å². The fourth-order valence-corrected chi connectivity index (χ4v) is 1.76. The zero-order chi connectivity index (χ0) is 13.0. The molecule has 0 heterocycles. The van der Waals surface area contributed by atoms with Gasteiger partial charge >= 0.3 is 5.97 Å². The highest BCUT2D eigenvalue weighted by Crippen LogP contribution is 2.18. The second kappa shape index (κ2) is 5.86. The SMILES string of the molecule is COc1ccc(OC(=O)c2ccc(I)cc2)cc1. The molecular weight excluding hydrogens is 343 g/mol. The predicted molar refractivity (Wildman–Crippen MR) is 77.1 cm³/mol. The van der Waals surface area contributed by atoms with Gasteiger partial charge in [-0.1, -0.05) is 0 Å². The Kier molecular flexibility index (Phi) is 4.19. The van der Waals surface area contributed by atoms with Gasteiger partial charge < -0.3 is 9.47 Å². The first-order valence-electron chi connectivity index (χ1n) is 5.31. The van der Waals surface area contributed by atoms with Gasteiger partial charge in [-0.2, -0.15) is 0 Å². The molecule has 0 unspecified atom stereocenters. The van der Waals surface area contributed by atoms with E-state index >= 15 is 0 Å². The van der Waals surface area contributed by atoms with Gasteiger partial charge in [-0.15, -0.1) is 0 Å². The Hall–Kier alpha value is -1.56. The van der Waals surface area contributed by atoms with Crippen LogP contribution in [0.4, 0.5) is 0 Å². The number of rotatable bonds is 3. The molecule has 2 aromatic carbocycles. The molecule has 0 aliphatic rings. The molecule has 0 N–H and O–H groups in total. The first-order valence-corrected chi connectivity index (χ1v) is 6.39. The molecular formula is C14H11IO3. The number of hydrogen-bond acceptors (Lipinski definition) is 3. The Balaban J connectivity index is 2.08. The average molecular weight is 354 g/mol. The third-order valence-corrected chi connectivity index (χ3v) is 3.07. The highest BCUT2D eigenvalue weighted by Gasteiger charge is 2.08. The lowest BCUT2D eigenvalue weighted by Crippen LogP contribution is -2.08. The molecule has 0 bridgehead atoms. The van der Waals surface area contributed by atoms with E-state index in [1.165, 1.54) is 0 Å². The number of hydrogen-bond donors (Lipinski definition) is 0. The highest BCUT2D eigenvalue weighted by molar-refractivity contribution is 14.1. The van der Waals surface area contributed by atoms with E-state index in [0.717, 1.165) is 9.32 Å². The summed E-state index contributed by atoms with van der Waals surface area (Å²) in [4.78, 5) is 11.8. The molecule has 2 rings (SSSR count). The molecule has 0 atom stereocenters. The normalized spacial score (nSPS) is 9.89. The van der Waals surface area contributed by atoms with Gasteiger partial charge in [0.1, 0.15) is 11.5 Å². The third kappa shape index (κ3) is 3.22. The molecule has 0 aliphatic carbocycles. The number of halogens is 1. The second-order valence-corrected chi connectivity index (χ2v) is 4.82. The van der Waals surface area contributed by atoms with Gasteiger partial charge in [0.05, 0.1) is 12.7 Å². The predicted octanol–water partition coefficient (Wildman–Crippen LogP) is 3.52. The van der Waals surface area contributed by atoms with Crippen molar-refractivity contribution in [2.75, 3.05) is 7.11 Å². The van der Waals surface area contributed by atoms with Gasteiger partial charge in [-0.05, 0) is 71.1 Å². The number of carbonyl (C=O) groups excluding carboxylic acids is 1. The molecule has 0 aliphatic heterocycles. The van der Waals surface area contributed by atoms with E-state index in [4.69, 9.17) is 9.47 Å². The van der Waals surface area contributed by atoms with Gasteiger partial charge in [0, 0.05) is 3.57 Å². The van der Waals surface area contributed by atoms with Crippen molar-refractivity contribution in [1.29, 1.82) is 0 Å². The third-order valence-electron chi connectivity index (χ3n) is 2.35. The monoisotopic (exact) mass is 354 g/mol. The fourth-order valence-electron chi connectivity index (χ4n) is 1.40. The van der Waals surface area contributed by atoms with Crippen molar-refractivity contribution in [3.05, 3.63) is 57.7 Å². The molecule has 0 radical (unpaired) electrons. The van der Waals surface area contributed by atoms with Gasteiger partial charge in [0.15, 0.2) is 0 Å². The molecule has 0 aromatic heterocycles. The van der Waals surface area contributed by atoms with Crippen LogP contribution in [0.25, 0.3) is 0 Å². The van der Waals surface area contributed by atoms with Crippen molar-refractivity contribution >= 4 is 28.6 Å². The van der Waals surface area contributed by atoms with Crippen molar-refractivity contribution in [2.45, 2.75) is 0 Å². The summed E-state index contributed by atoms with van der Waals surface area (Å²) in [6.07, 6.45) is 0. The maximum atomic E-state index is 11.8. The van der Waals surface area contributed by atoms with Crippen molar-refractivity contribution in [3.8, 4) is 11.5 Å². The number of methoxy groups -OCH3 is 1. The first-order chi connectivity index (χ1) is 8.69. The lowest BCUT2D eigenvalue weighted by atomic mass is 10.2. The molecule has 3 nitrogen and oxygen atoms in total. The van der Waals surface area contributed by atoms with E-state index in [1.807, 2.05) is 12.1 Å². The minimum Gasteiger partial charge on any atom is -0.497 e. The standard InChI is InChI=1S/C14H11IO3/c1-17-12-6-8-13(9-7-12)18-14(16)10-2-4-11(15)5-3-10/h2-9H,1H3. The molecule has 18 heavy (non-hydrogen) atoms. The second-order valence-electron chi connectivity index (χ2n) is 3.57. The average Bonchev–Trinajstić information content (AvgIpc) is 2.40. The van der Waals surface area contributed by atoms with Gasteiger partial charge in [-0.3, -0.25) is 0 Å². The fraction of sp³-hybridized carbons (Fsp3) is 0.0714.